The molecule has 0 fully saturated rings. The maximum Gasteiger partial charge on any atom is 0.414 e. The van der Waals surface area contributed by atoms with Crippen molar-refractivity contribution in [2.75, 3.05) is 26.2 Å². The van der Waals surface area contributed by atoms with Gasteiger partial charge >= 0.3 is 6.09 Å². The predicted molar refractivity (Wildman–Crippen MR) is 134 cm³/mol. The van der Waals surface area contributed by atoms with E-state index in [4.69, 9.17) is 30.5 Å². The average molecular weight is 494 g/mol. The third-order valence-electron chi connectivity index (χ3n) is 5.49. The van der Waals surface area contributed by atoms with Crippen molar-refractivity contribution in [2.45, 2.75) is 13.5 Å². The van der Waals surface area contributed by atoms with Gasteiger partial charge in [0.25, 0.3) is 0 Å². The lowest BCUT2D eigenvalue weighted by atomic mass is 10.1. The van der Waals surface area contributed by atoms with Crippen LogP contribution in [0.25, 0.3) is 10.9 Å². The largest absolute Gasteiger partial charge is 0.493 e. The normalized spacial score (nSPS) is 10.7. The summed E-state index contributed by atoms with van der Waals surface area (Å²) in [5.74, 6) is 1.84. The molecule has 3 aromatic carbocycles. The molecule has 8 nitrogen and oxygen atoms in total. The molecule has 4 rings (SSSR count). The first-order valence-electron chi connectivity index (χ1n) is 10.7. The Labute approximate surface area is 208 Å². The van der Waals surface area contributed by atoms with Crippen LogP contribution in [0, 0.1) is 6.92 Å². The lowest BCUT2D eigenvalue weighted by Gasteiger charge is -2.19. The molecule has 0 aliphatic rings. The molecule has 35 heavy (non-hydrogen) atoms. The number of aromatic nitrogens is 2. The number of methoxy groups -OCH3 is 2. The van der Waals surface area contributed by atoms with Gasteiger partial charge in [-0.3, -0.25) is 4.90 Å². The summed E-state index contributed by atoms with van der Waals surface area (Å²) in [6.07, 6.45) is 0.879. The topological polar surface area (TPSA) is 83.0 Å². The maximum absolute atomic E-state index is 12.6. The van der Waals surface area contributed by atoms with E-state index in [0.717, 1.165) is 11.1 Å². The smallest absolute Gasteiger partial charge is 0.414 e. The van der Waals surface area contributed by atoms with Crippen molar-refractivity contribution in [3.63, 3.8) is 0 Å². The van der Waals surface area contributed by atoms with E-state index in [9.17, 15) is 4.79 Å². The molecule has 9 heteroatoms. The van der Waals surface area contributed by atoms with Gasteiger partial charge in [-0.05, 0) is 36.2 Å². The Bertz CT molecular complexity index is 1380. The molecule has 1 aromatic heterocycles. The van der Waals surface area contributed by atoms with Crippen molar-refractivity contribution >= 4 is 34.3 Å². The van der Waals surface area contributed by atoms with Gasteiger partial charge in [0.15, 0.2) is 11.5 Å². The molecule has 1 heterocycles. The monoisotopic (exact) mass is 493 g/mol. The molecule has 0 spiro atoms. The zero-order chi connectivity index (χ0) is 24.9. The molecule has 0 unspecified atom stereocenters. The minimum absolute atomic E-state index is 0.170. The van der Waals surface area contributed by atoms with Crippen LogP contribution in [0.5, 0.6) is 23.1 Å². The van der Waals surface area contributed by atoms with E-state index in [1.54, 1.807) is 51.6 Å². The number of hydrogen-bond acceptors (Lipinski definition) is 7. The maximum atomic E-state index is 12.6. The highest BCUT2D eigenvalue weighted by Gasteiger charge is 2.18. The summed E-state index contributed by atoms with van der Waals surface area (Å²) in [4.78, 5) is 22.5. The molecule has 0 bridgehead atoms. The molecule has 0 aliphatic carbocycles. The Morgan fingerprint density at radius 3 is 2.46 bits per heavy atom. The van der Waals surface area contributed by atoms with Crippen molar-refractivity contribution in [1.82, 2.24) is 9.97 Å². The van der Waals surface area contributed by atoms with Gasteiger partial charge < -0.3 is 18.9 Å². The van der Waals surface area contributed by atoms with Gasteiger partial charge in [0, 0.05) is 19.2 Å². The summed E-state index contributed by atoms with van der Waals surface area (Å²) in [7, 11) is 4.70. The van der Waals surface area contributed by atoms with Gasteiger partial charge in [-0.25, -0.2) is 14.8 Å². The first kappa shape index (κ1) is 24.1. The van der Waals surface area contributed by atoms with Gasteiger partial charge in [-0.2, -0.15) is 0 Å². The molecule has 180 valence electrons. The summed E-state index contributed by atoms with van der Waals surface area (Å²) < 4.78 is 22.2. The third kappa shape index (κ3) is 5.22. The molecule has 0 saturated carbocycles. The Kier molecular flexibility index (Phi) is 7.22. The highest BCUT2D eigenvalue weighted by molar-refractivity contribution is 6.33. The van der Waals surface area contributed by atoms with Gasteiger partial charge in [0.1, 0.15) is 18.7 Å². The predicted octanol–water partition coefficient (Wildman–Crippen LogP) is 6.17. The van der Waals surface area contributed by atoms with E-state index >= 15 is 0 Å². The van der Waals surface area contributed by atoms with Crippen LogP contribution >= 0.6 is 11.6 Å². The average Bonchev–Trinajstić information content (AvgIpc) is 2.87. The molecule has 0 saturated heterocycles. The van der Waals surface area contributed by atoms with Crippen molar-refractivity contribution in [1.29, 1.82) is 0 Å². The van der Waals surface area contributed by atoms with E-state index in [2.05, 4.69) is 9.97 Å². The lowest BCUT2D eigenvalue weighted by molar-refractivity contribution is 0.148. The highest BCUT2D eigenvalue weighted by Crippen LogP contribution is 2.37. The highest BCUT2D eigenvalue weighted by atomic mass is 35.5. The summed E-state index contributed by atoms with van der Waals surface area (Å²) in [6.45, 7) is 2.14. The number of nitrogens with zero attached hydrogens (tertiary/aromatic N) is 3. The minimum Gasteiger partial charge on any atom is -0.493 e. The SMILES string of the molecule is COc1cc2ncnc(Oc3ccc(N(C)C(=O)OCc4ccccc4C)c(Cl)c3)c2cc1OC. The Morgan fingerprint density at radius 2 is 1.74 bits per heavy atom. The van der Waals surface area contributed by atoms with E-state index in [-0.39, 0.29) is 6.61 Å². The van der Waals surface area contributed by atoms with Crippen LogP contribution in [0.2, 0.25) is 5.02 Å². The number of anilines is 1. The number of fused-ring (bicyclic) bond motifs is 1. The fourth-order valence-electron chi connectivity index (χ4n) is 3.48. The molecular formula is C26H24ClN3O5. The van der Waals surface area contributed by atoms with Crippen LogP contribution in [0.4, 0.5) is 10.5 Å². The zero-order valence-corrected chi connectivity index (χ0v) is 20.5. The van der Waals surface area contributed by atoms with Crippen LogP contribution in [0.3, 0.4) is 0 Å². The Balaban J connectivity index is 1.52. The summed E-state index contributed by atoms with van der Waals surface area (Å²) in [5.41, 5.74) is 3.10. The molecule has 4 aromatic rings. The van der Waals surface area contributed by atoms with Crippen LogP contribution in [0.1, 0.15) is 11.1 Å². The van der Waals surface area contributed by atoms with Crippen LogP contribution in [-0.4, -0.2) is 37.3 Å². The van der Waals surface area contributed by atoms with E-state index in [1.807, 2.05) is 31.2 Å². The first-order chi connectivity index (χ1) is 16.9. The molecule has 0 radical (unpaired) electrons. The van der Waals surface area contributed by atoms with Crippen molar-refractivity contribution < 1.29 is 23.7 Å². The number of aryl methyl sites for hydroxylation is 1. The number of benzene rings is 3. The first-order valence-corrected chi connectivity index (χ1v) is 11.1. The summed E-state index contributed by atoms with van der Waals surface area (Å²) >= 11 is 6.48. The number of amides is 1. The fourth-order valence-corrected chi connectivity index (χ4v) is 3.78. The Hall–Kier alpha value is -4.04. The van der Waals surface area contributed by atoms with E-state index in [0.29, 0.717) is 44.7 Å². The second-order valence-electron chi connectivity index (χ2n) is 7.66. The van der Waals surface area contributed by atoms with Gasteiger partial charge in [-0.1, -0.05) is 35.9 Å². The number of carbonyl (C=O) groups is 1. The molecule has 0 N–H and O–H groups in total. The minimum atomic E-state index is -0.522. The number of carbonyl (C=O) groups excluding carboxylic acids is 1. The molecule has 0 aliphatic heterocycles. The van der Waals surface area contributed by atoms with Crippen molar-refractivity contribution in [3.8, 4) is 23.1 Å². The number of halogens is 1. The lowest BCUT2D eigenvalue weighted by Crippen LogP contribution is -2.27. The third-order valence-corrected chi connectivity index (χ3v) is 5.79. The van der Waals surface area contributed by atoms with E-state index in [1.165, 1.54) is 11.2 Å². The number of ether oxygens (including phenoxy) is 4. The molecule has 1 amide bonds. The van der Waals surface area contributed by atoms with Crippen molar-refractivity contribution in [2.24, 2.45) is 0 Å². The van der Waals surface area contributed by atoms with Crippen LogP contribution < -0.4 is 19.1 Å². The standard InChI is InChI=1S/C26H24ClN3O5/c1-16-7-5-6-8-17(16)14-34-26(31)30(2)22-10-9-18(11-20(22)27)35-25-19-12-23(32-3)24(33-4)13-21(19)28-15-29-25/h5-13,15H,14H2,1-4H3. The molecule has 0 atom stereocenters. The fraction of sp³-hybridized carbons (Fsp3) is 0.192. The van der Waals surface area contributed by atoms with Gasteiger partial charge in [0.2, 0.25) is 5.88 Å². The van der Waals surface area contributed by atoms with Crippen LogP contribution in [-0.2, 0) is 11.3 Å². The van der Waals surface area contributed by atoms with Gasteiger partial charge in [-0.15, -0.1) is 0 Å². The van der Waals surface area contributed by atoms with Crippen LogP contribution in [0.15, 0.2) is 60.9 Å². The quantitative estimate of drug-likeness (QED) is 0.304. The summed E-state index contributed by atoms with van der Waals surface area (Å²) in [5, 5.41) is 0.956. The number of rotatable bonds is 7. The summed E-state index contributed by atoms with van der Waals surface area (Å²) in [6, 6.07) is 16.2. The number of hydrogen-bond donors (Lipinski definition) is 0. The molecular weight excluding hydrogens is 470 g/mol. The van der Waals surface area contributed by atoms with Crippen molar-refractivity contribution in [3.05, 3.63) is 77.1 Å². The second-order valence-corrected chi connectivity index (χ2v) is 8.07. The zero-order valence-electron chi connectivity index (χ0n) is 19.7. The Morgan fingerprint density at radius 1 is 1.00 bits per heavy atom. The van der Waals surface area contributed by atoms with E-state index < -0.39 is 6.09 Å². The second kappa shape index (κ2) is 10.5. The van der Waals surface area contributed by atoms with Gasteiger partial charge in [0.05, 0.1) is 35.8 Å².